The number of rotatable bonds is 8. The van der Waals surface area contributed by atoms with Crippen molar-refractivity contribution in [1.29, 1.82) is 0 Å². The monoisotopic (exact) mass is 858 g/mol. The Morgan fingerprint density at radius 1 is 0.516 bits per heavy atom. The summed E-state index contributed by atoms with van der Waals surface area (Å²) in [5, 5.41) is 1.11. The van der Waals surface area contributed by atoms with E-state index >= 15 is 0 Å². The van der Waals surface area contributed by atoms with E-state index < -0.39 is 5.79 Å². The highest BCUT2D eigenvalue weighted by Crippen LogP contribution is 2.51. The zero-order chi connectivity index (χ0) is 42.5. The van der Waals surface area contributed by atoms with Crippen LogP contribution in [-0.2, 0) is 31.5 Å². The SMILES string of the molecule is COc1ccc(C2=NC3(N=C2c2ccccc2Cl)c2cc4ccc2CCCc2ccc(cc2-c2nc(-c5ccc(OC)c(OC)c5)c(-c5ccccc5Cl)n23)CCC4)cc1OC. The van der Waals surface area contributed by atoms with E-state index in [9.17, 15) is 0 Å². The highest BCUT2D eigenvalue weighted by molar-refractivity contribution is 6.56. The van der Waals surface area contributed by atoms with Crippen molar-refractivity contribution in [3.05, 3.63) is 170 Å². The first-order chi connectivity index (χ1) is 30.3. The minimum Gasteiger partial charge on any atom is -0.493 e. The van der Waals surface area contributed by atoms with Crippen LogP contribution in [0.5, 0.6) is 23.0 Å². The van der Waals surface area contributed by atoms with Crippen LogP contribution in [-0.4, -0.2) is 49.4 Å². The molecular formula is C52H44Cl2N4O4. The first-order valence-electron chi connectivity index (χ1n) is 20.9. The largest absolute Gasteiger partial charge is 0.493 e. The average molecular weight is 860 g/mol. The maximum Gasteiger partial charge on any atom is 0.261 e. The van der Waals surface area contributed by atoms with Gasteiger partial charge < -0.3 is 18.9 Å². The van der Waals surface area contributed by atoms with Gasteiger partial charge >= 0.3 is 0 Å². The Morgan fingerprint density at radius 3 is 1.76 bits per heavy atom. The molecule has 0 saturated heterocycles. The molecule has 4 heterocycles. The Balaban J connectivity index is 1.44. The van der Waals surface area contributed by atoms with Crippen molar-refractivity contribution in [2.45, 2.75) is 44.3 Å². The van der Waals surface area contributed by atoms with Crippen LogP contribution in [0.25, 0.3) is 33.9 Å². The Morgan fingerprint density at radius 2 is 1.08 bits per heavy atom. The molecule has 3 aliphatic heterocycles. The van der Waals surface area contributed by atoms with Crippen LogP contribution in [0.3, 0.4) is 0 Å². The minimum absolute atomic E-state index is 0.554. The zero-order valence-electron chi connectivity index (χ0n) is 35.0. The number of benzene rings is 6. The maximum atomic E-state index is 7.36. The fourth-order valence-corrected chi connectivity index (χ4v) is 9.73. The molecule has 6 aromatic carbocycles. The molecule has 4 bridgehead atoms. The summed E-state index contributed by atoms with van der Waals surface area (Å²) < 4.78 is 25.5. The summed E-state index contributed by atoms with van der Waals surface area (Å²) in [6, 6.07) is 41.3. The van der Waals surface area contributed by atoms with Crippen molar-refractivity contribution in [1.82, 2.24) is 9.55 Å². The molecule has 0 saturated carbocycles. The van der Waals surface area contributed by atoms with Gasteiger partial charge in [-0.05, 0) is 121 Å². The van der Waals surface area contributed by atoms with Crippen LogP contribution in [0.1, 0.15) is 51.8 Å². The van der Waals surface area contributed by atoms with Gasteiger partial charge in [-0.3, -0.25) is 4.57 Å². The third-order valence-corrected chi connectivity index (χ3v) is 13.0. The zero-order valence-corrected chi connectivity index (χ0v) is 36.5. The van der Waals surface area contributed by atoms with Crippen LogP contribution < -0.4 is 18.9 Å². The van der Waals surface area contributed by atoms with E-state index in [1.54, 1.807) is 28.4 Å². The predicted octanol–water partition coefficient (Wildman–Crippen LogP) is 11.9. The van der Waals surface area contributed by atoms with Gasteiger partial charge in [-0.25, -0.2) is 15.0 Å². The molecule has 1 unspecified atom stereocenters. The van der Waals surface area contributed by atoms with E-state index in [0.717, 1.165) is 89.0 Å². The van der Waals surface area contributed by atoms with Crippen molar-refractivity contribution in [3.8, 4) is 56.9 Å². The summed E-state index contributed by atoms with van der Waals surface area (Å²) in [6.07, 6.45) is 5.38. The van der Waals surface area contributed by atoms with Crippen molar-refractivity contribution in [3.63, 3.8) is 0 Å². The number of imidazole rings is 1. The summed E-state index contributed by atoms with van der Waals surface area (Å²) in [5.41, 5.74) is 12.7. The second kappa shape index (κ2) is 16.2. The fourth-order valence-electron chi connectivity index (χ4n) is 9.28. The van der Waals surface area contributed by atoms with E-state index in [-0.39, 0.29) is 0 Å². The molecule has 1 spiro atoms. The van der Waals surface area contributed by atoms with Gasteiger partial charge in [-0.15, -0.1) is 0 Å². The molecule has 0 radical (unpaired) electrons. The molecule has 7 aromatic rings. The number of aromatic nitrogens is 2. The molecule has 0 N–H and O–H groups in total. The van der Waals surface area contributed by atoms with E-state index in [1.165, 1.54) is 16.7 Å². The van der Waals surface area contributed by atoms with E-state index in [4.69, 9.17) is 57.1 Å². The maximum absolute atomic E-state index is 7.36. The molecule has 10 heteroatoms. The van der Waals surface area contributed by atoms with Crippen LogP contribution in [0, 0.1) is 0 Å². The summed E-state index contributed by atoms with van der Waals surface area (Å²) in [5.74, 6) is 1.63. The first-order valence-corrected chi connectivity index (χ1v) is 21.6. The summed E-state index contributed by atoms with van der Waals surface area (Å²) in [7, 11) is 6.56. The molecule has 8 nitrogen and oxygen atoms in total. The quantitative estimate of drug-likeness (QED) is 0.152. The molecule has 0 amide bonds. The van der Waals surface area contributed by atoms with Gasteiger partial charge in [0.15, 0.2) is 23.0 Å². The fraction of sp³-hybridized carbons (Fsp3) is 0.212. The van der Waals surface area contributed by atoms with E-state index in [0.29, 0.717) is 50.2 Å². The molecule has 1 atom stereocenters. The van der Waals surface area contributed by atoms with Crippen LogP contribution >= 0.6 is 23.2 Å². The number of aliphatic imine (C=N–C) groups is 2. The van der Waals surface area contributed by atoms with Gasteiger partial charge in [-0.1, -0.05) is 83.9 Å². The normalized spacial score (nSPS) is 16.4. The Bertz CT molecular complexity index is 2970. The van der Waals surface area contributed by atoms with Crippen LogP contribution in [0.2, 0.25) is 10.0 Å². The third kappa shape index (κ3) is 6.64. The molecule has 62 heavy (non-hydrogen) atoms. The first kappa shape index (κ1) is 39.8. The number of hydrogen-bond acceptors (Lipinski definition) is 7. The Hall–Kier alpha value is -6.35. The van der Waals surface area contributed by atoms with Crippen LogP contribution in [0.15, 0.2) is 131 Å². The number of nitrogens with zero attached hydrogens (tertiary/aromatic N) is 4. The molecule has 1 aromatic heterocycles. The minimum atomic E-state index is -1.46. The molecule has 10 rings (SSSR count). The second-order valence-electron chi connectivity index (χ2n) is 15.8. The van der Waals surface area contributed by atoms with Crippen LogP contribution in [0.4, 0.5) is 0 Å². The van der Waals surface area contributed by atoms with E-state index in [2.05, 4.69) is 41.0 Å². The van der Waals surface area contributed by atoms with Gasteiger partial charge in [0.25, 0.3) is 5.79 Å². The molecule has 0 aliphatic carbocycles. The average Bonchev–Trinajstić information content (AvgIpc) is 3.90. The molecule has 3 aliphatic rings. The molecular weight excluding hydrogens is 816 g/mol. The van der Waals surface area contributed by atoms with Gasteiger partial charge in [0.05, 0.1) is 56.3 Å². The highest BCUT2D eigenvalue weighted by atomic mass is 35.5. The number of halogens is 2. The lowest BCUT2D eigenvalue weighted by molar-refractivity contribution is 0.355. The topological polar surface area (TPSA) is 79.5 Å². The number of methoxy groups -OCH3 is 4. The number of hydrogen-bond donors (Lipinski definition) is 0. The molecule has 310 valence electrons. The lowest BCUT2D eigenvalue weighted by atomic mass is 9.88. The standard InChI is InChI=1S/C52H44Cl2N4O4/c1-59-43-25-23-35(29-45(43)61-3)47-49(37-15-5-7-17-41(37)53)57-52(56-47)40-28-32-12-9-11-31-19-21-33(13-10-14-34(40)22-20-32)39(27-31)51-55-48(36-24-26-44(60-2)46(30-36)62-4)50(58(51)52)38-16-6-8-18-42(38)54/h5-8,15-30H,9-14H2,1-4H3. The number of aryl methyl sites for hydroxylation is 4. The van der Waals surface area contributed by atoms with Crippen molar-refractivity contribution >= 4 is 34.6 Å². The molecule has 0 fully saturated rings. The number of ether oxygens (including phenoxy) is 4. The van der Waals surface area contributed by atoms with E-state index in [1.807, 2.05) is 84.9 Å². The smallest absolute Gasteiger partial charge is 0.261 e. The Kier molecular flexibility index (Phi) is 10.4. The predicted molar refractivity (Wildman–Crippen MR) is 248 cm³/mol. The second-order valence-corrected chi connectivity index (χ2v) is 16.6. The van der Waals surface area contributed by atoms with Gasteiger partial charge in [0.2, 0.25) is 0 Å². The lowest BCUT2D eigenvalue weighted by Gasteiger charge is -2.33. The van der Waals surface area contributed by atoms with Crippen molar-refractivity contribution < 1.29 is 18.9 Å². The lowest BCUT2D eigenvalue weighted by Crippen LogP contribution is -2.33. The Labute approximate surface area is 371 Å². The van der Waals surface area contributed by atoms with Crippen molar-refractivity contribution in [2.75, 3.05) is 28.4 Å². The summed E-state index contributed by atoms with van der Waals surface area (Å²) >= 11 is 14.5. The van der Waals surface area contributed by atoms with Gasteiger partial charge in [0.1, 0.15) is 5.82 Å². The van der Waals surface area contributed by atoms with Gasteiger partial charge in [0, 0.05) is 38.4 Å². The van der Waals surface area contributed by atoms with Gasteiger partial charge in [-0.2, -0.15) is 0 Å². The third-order valence-electron chi connectivity index (χ3n) is 12.3. The summed E-state index contributed by atoms with van der Waals surface area (Å²) in [4.78, 5) is 17.8. The number of fused-ring (bicyclic) bond motifs is 2. The summed E-state index contributed by atoms with van der Waals surface area (Å²) in [6.45, 7) is 0. The highest BCUT2D eigenvalue weighted by Gasteiger charge is 2.47. The van der Waals surface area contributed by atoms with Crippen molar-refractivity contribution in [2.24, 2.45) is 9.98 Å².